The average Bonchev–Trinajstić information content (AvgIpc) is 3.07. The van der Waals surface area contributed by atoms with E-state index in [1.54, 1.807) is 18.2 Å². The van der Waals surface area contributed by atoms with Crippen molar-refractivity contribution in [1.29, 1.82) is 0 Å². The van der Waals surface area contributed by atoms with Crippen LogP contribution in [0.2, 0.25) is 0 Å². The van der Waals surface area contributed by atoms with E-state index < -0.39 is 17.8 Å². The number of benzene rings is 2. The van der Waals surface area contributed by atoms with Crippen molar-refractivity contribution in [2.45, 2.75) is 64.9 Å². The Morgan fingerprint density at radius 1 is 1.00 bits per heavy atom. The third kappa shape index (κ3) is 6.16. The molecule has 1 aliphatic heterocycles. The lowest BCUT2D eigenvalue weighted by molar-refractivity contribution is -0.144. The van der Waals surface area contributed by atoms with Gasteiger partial charge in [-0.3, -0.25) is 19.7 Å². The van der Waals surface area contributed by atoms with Crippen molar-refractivity contribution >= 4 is 17.8 Å². The zero-order valence-corrected chi connectivity index (χ0v) is 18.7. The van der Waals surface area contributed by atoms with E-state index in [0.717, 1.165) is 18.4 Å². The predicted octanol–water partition coefficient (Wildman–Crippen LogP) is 5.23. The van der Waals surface area contributed by atoms with Crippen molar-refractivity contribution in [1.82, 2.24) is 5.32 Å². The highest BCUT2D eigenvalue weighted by atomic mass is 16.5. The van der Waals surface area contributed by atoms with E-state index in [0.29, 0.717) is 11.1 Å². The van der Waals surface area contributed by atoms with Crippen molar-refractivity contribution in [3.8, 4) is 0 Å². The second-order valence-corrected chi connectivity index (χ2v) is 8.32. The standard InChI is InChI=1S/C27H31NO4/c1-3-4-5-6-7-8-9-11-21-15-14-20(16-19(21)2)18-32-24(29)17-22-12-10-13-23-25(22)27(31)28-26(23)30/h3,10,12-16H,1,4-9,11,17-18H2,2H3,(H,28,30,31). The number of unbranched alkanes of at least 4 members (excludes halogenated alkanes) is 5. The molecule has 0 aromatic heterocycles. The number of imide groups is 1. The Labute approximate surface area is 189 Å². The molecule has 1 N–H and O–H groups in total. The van der Waals surface area contributed by atoms with Gasteiger partial charge in [-0.2, -0.15) is 0 Å². The van der Waals surface area contributed by atoms with Gasteiger partial charge >= 0.3 is 5.97 Å². The zero-order valence-electron chi connectivity index (χ0n) is 18.7. The monoisotopic (exact) mass is 433 g/mol. The molecule has 0 saturated heterocycles. The first kappa shape index (κ1) is 23.5. The largest absolute Gasteiger partial charge is 0.461 e. The molecule has 0 radical (unpaired) electrons. The molecule has 0 spiro atoms. The minimum atomic E-state index is -0.462. The van der Waals surface area contributed by atoms with E-state index in [9.17, 15) is 14.4 Å². The molecule has 1 heterocycles. The van der Waals surface area contributed by atoms with Crippen LogP contribution in [0.5, 0.6) is 0 Å². The maximum atomic E-state index is 12.4. The Bertz CT molecular complexity index is 1010. The number of allylic oxidation sites excluding steroid dienone is 1. The Morgan fingerprint density at radius 3 is 2.56 bits per heavy atom. The molecule has 2 aromatic carbocycles. The van der Waals surface area contributed by atoms with Crippen molar-refractivity contribution in [2.24, 2.45) is 0 Å². The molecule has 0 fully saturated rings. The molecular formula is C27H31NO4. The number of ether oxygens (including phenoxy) is 1. The summed E-state index contributed by atoms with van der Waals surface area (Å²) in [4.78, 5) is 36.1. The van der Waals surface area contributed by atoms with Gasteiger partial charge in [0.2, 0.25) is 0 Å². The summed E-state index contributed by atoms with van der Waals surface area (Å²) in [6.07, 6.45) is 10.3. The predicted molar refractivity (Wildman–Crippen MR) is 125 cm³/mol. The first-order chi connectivity index (χ1) is 15.5. The van der Waals surface area contributed by atoms with Gasteiger partial charge in [0, 0.05) is 0 Å². The Balaban J connectivity index is 1.47. The van der Waals surface area contributed by atoms with Crippen LogP contribution in [0, 0.1) is 6.92 Å². The topological polar surface area (TPSA) is 72.5 Å². The lowest BCUT2D eigenvalue weighted by atomic mass is 9.99. The number of esters is 1. The first-order valence-corrected chi connectivity index (χ1v) is 11.3. The summed E-state index contributed by atoms with van der Waals surface area (Å²) in [5.41, 5.74) is 4.57. The number of amides is 2. The van der Waals surface area contributed by atoms with E-state index >= 15 is 0 Å². The summed E-state index contributed by atoms with van der Waals surface area (Å²) < 4.78 is 5.43. The van der Waals surface area contributed by atoms with Gasteiger partial charge in [-0.05, 0) is 60.9 Å². The highest BCUT2D eigenvalue weighted by Crippen LogP contribution is 2.21. The lowest BCUT2D eigenvalue weighted by Gasteiger charge is -2.10. The molecule has 0 bridgehead atoms. The van der Waals surface area contributed by atoms with Gasteiger partial charge in [-0.15, -0.1) is 6.58 Å². The summed E-state index contributed by atoms with van der Waals surface area (Å²) in [6.45, 7) is 6.03. The molecule has 5 heteroatoms. The molecular weight excluding hydrogens is 402 g/mol. The summed E-state index contributed by atoms with van der Waals surface area (Å²) in [5.74, 6) is -1.32. The van der Waals surface area contributed by atoms with E-state index in [-0.39, 0.29) is 18.6 Å². The Morgan fingerprint density at radius 2 is 1.78 bits per heavy atom. The number of aryl methyl sites for hydroxylation is 2. The quantitative estimate of drug-likeness (QED) is 0.215. The summed E-state index contributed by atoms with van der Waals surface area (Å²) in [6, 6.07) is 11.1. The zero-order chi connectivity index (χ0) is 22.9. The first-order valence-electron chi connectivity index (χ1n) is 11.3. The number of hydrogen-bond acceptors (Lipinski definition) is 4. The van der Waals surface area contributed by atoms with Crippen LogP contribution in [-0.4, -0.2) is 17.8 Å². The Hall–Kier alpha value is -3.21. The van der Waals surface area contributed by atoms with Gasteiger partial charge in [0.25, 0.3) is 11.8 Å². The van der Waals surface area contributed by atoms with Gasteiger partial charge < -0.3 is 4.74 Å². The van der Waals surface area contributed by atoms with Crippen LogP contribution in [0.3, 0.4) is 0 Å². The normalized spacial score (nSPS) is 12.4. The van der Waals surface area contributed by atoms with Gasteiger partial charge in [0.15, 0.2) is 0 Å². The fourth-order valence-electron chi connectivity index (χ4n) is 4.07. The number of carbonyl (C=O) groups is 3. The van der Waals surface area contributed by atoms with Crippen molar-refractivity contribution < 1.29 is 19.1 Å². The summed E-state index contributed by atoms with van der Waals surface area (Å²) >= 11 is 0. The third-order valence-electron chi connectivity index (χ3n) is 5.85. The average molecular weight is 434 g/mol. The van der Waals surface area contributed by atoms with E-state index in [1.165, 1.54) is 43.2 Å². The van der Waals surface area contributed by atoms with Crippen molar-refractivity contribution in [3.05, 3.63) is 82.4 Å². The molecule has 0 atom stereocenters. The lowest BCUT2D eigenvalue weighted by Crippen LogP contribution is -2.20. The number of nitrogens with one attached hydrogen (secondary N) is 1. The van der Waals surface area contributed by atoms with Gasteiger partial charge in [-0.1, -0.05) is 55.7 Å². The number of carbonyl (C=O) groups excluding carboxylic acids is 3. The van der Waals surface area contributed by atoms with Gasteiger partial charge in [0.05, 0.1) is 17.5 Å². The van der Waals surface area contributed by atoms with Gasteiger partial charge in [-0.25, -0.2) is 0 Å². The minimum absolute atomic E-state index is 0.0479. The summed E-state index contributed by atoms with van der Waals surface area (Å²) in [7, 11) is 0. The van der Waals surface area contributed by atoms with Crippen LogP contribution in [0.15, 0.2) is 49.1 Å². The highest BCUT2D eigenvalue weighted by Gasteiger charge is 2.29. The van der Waals surface area contributed by atoms with E-state index in [1.807, 2.05) is 12.1 Å². The fourth-order valence-corrected chi connectivity index (χ4v) is 4.07. The van der Waals surface area contributed by atoms with Crippen LogP contribution in [-0.2, 0) is 29.0 Å². The highest BCUT2D eigenvalue weighted by molar-refractivity contribution is 6.22. The third-order valence-corrected chi connectivity index (χ3v) is 5.85. The Kier molecular flexibility index (Phi) is 8.37. The van der Waals surface area contributed by atoms with Crippen LogP contribution in [0.25, 0.3) is 0 Å². The molecule has 1 aliphatic rings. The fraction of sp³-hybridized carbons (Fsp3) is 0.370. The molecule has 5 nitrogen and oxygen atoms in total. The second kappa shape index (κ2) is 11.4. The van der Waals surface area contributed by atoms with Crippen LogP contribution >= 0.6 is 0 Å². The molecule has 32 heavy (non-hydrogen) atoms. The minimum Gasteiger partial charge on any atom is -0.461 e. The van der Waals surface area contributed by atoms with Crippen molar-refractivity contribution in [2.75, 3.05) is 0 Å². The van der Waals surface area contributed by atoms with Crippen molar-refractivity contribution in [3.63, 3.8) is 0 Å². The molecule has 3 rings (SSSR count). The molecule has 2 aromatic rings. The maximum absolute atomic E-state index is 12.4. The van der Waals surface area contributed by atoms with Crippen LogP contribution in [0.1, 0.15) is 81.5 Å². The molecule has 0 aliphatic carbocycles. The van der Waals surface area contributed by atoms with E-state index in [2.05, 4.69) is 31.0 Å². The smallest absolute Gasteiger partial charge is 0.310 e. The van der Waals surface area contributed by atoms with Gasteiger partial charge in [0.1, 0.15) is 6.61 Å². The molecule has 168 valence electrons. The second-order valence-electron chi connectivity index (χ2n) is 8.32. The number of hydrogen-bond donors (Lipinski definition) is 1. The molecule has 2 amide bonds. The number of fused-ring (bicyclic) bond motifs is 1. The van der Waals surface area contributed by atoms with Crippen LogP contribution in [0.4, 0.5) is 0 Å². The maximum Gasteiger partial charge on any atom is 0.310 e. The SMILES string of the molecule is C=CCCCCCCCc1ccc(COC(=O)Cc2cccc3c2C(=O)NC3=O)cc1C. The number of rotatable bonds is 12. The summed E-state index contributed by atoms with van der Waals surface area (Å²) in [5, 5.41) is 2.26. The molecule has 0 unspecified atom stereocenters. The van der Waals surface area contributed by atoms with Crippen LogP contribution < -0.4 is 5.32 Å². The van der Waals surface area contributed by atoms with E-state index in [4.69, 9.17) is 4.74 Å². The molecule has 0 saturated carbocycles.